The molecule has 1 rings (SSSR count). The lowest BCUT2D eigenvalue weighted by molar-refractivity contribution is -0.117. The topological polar surface area (TPSA) is 46.3 Å². The Hall–Kier alpha value is -1.35. The Balaban J connectivity index is 2.94. The summed E-state index contributed by atoms with van der Waals surface area (Å²) in [5, 5.41) is 0. The number of benzene rings is 1. The van der Waals surface area contributed by atoms with E-state index in [1.54, 1.807) is 4.90 Å². The number of carbonyl (C=O) groups is 1. The standard InChI is InChI=1S/C11H16N2O/c1-3-13(11(14)8-12)10-6-4-5-9(2)7-10/h4-7H,3,8,12H2,1-2H3. The van der Waals surface area contributed by atoms with Crippen LogP contribution in [0, 0.1) is 6.92 Å². The Morgan fingerprint density at radius 2 is 2.21 bits per heavy atom. The average molecular weight is 192 g/mol. The van der Waals surface area contributed by atoms with Crippen LogP contribution < -0.4 is 10.6 Å². The van der Waals surface area contributed by atoms with E-state index in [0.717, 1.165) is 11.3 Å². The Labute approximate surface area is 84.5 Å². The normalized spacial score (nSPS) is 9.93. The molecule has 0 aliphatic carbocycles. The molecule has 3 heteroatoms. The van der Waals surface area contributed by atoms with Crippen molar-refractivity contribution in [2.75, 3.05) is 18.0 Å². The molecule has 1 aromatic carbocycles. The van der Waals surface area contributed by atoms with Gasteiger partial charge in [-0.1, -0.05) is 12.1 Å². The van der Waals surface area contributed by atoms with Crippen LogP contribution in [-0.2, 0) is 4.79 Å². The van der Waals surface area contributed by atoms with Crippen molar-refractivity contribution >= 4 is 11.6 Å². The number of nitrogens with zero attached hydrogens (tertiary/aromatic N) is 1. The van der Waals surface area contributed by atoms with Crippen molar-refractivity contribution in [3.8, 4) is 0 Å². The lowest BCUT2D eigenvalue weighted by Crippen LogP contribution is -2.35. The molecular formula is C11H16N2O. The van der Waals surface area contributed by atoms with E-state index in [0.29, 0.717) is 6.54 Å². The first-order valence-corrected chi connectivity index (χ1v) is 4.76. The fourth-order valence-corrected chi connectivity index (χ4v) is 1.41. The minimum absolute atomic E-state index is 0.0434. The van der Waals surface area contributed by atoms with E-state index in [4.69, 9.17) is 5.73 Å². The number of carbonyl (C=O) groups excluding carboxylic acids is 1. The highest BCUT2D eigenvalue weighted by Gasteiger charge is 2.11. The Morgan fingerprint density at radius 3 is 2.71 bits per heavy atom. The van der Waals surface area contributed by atoms with Gasteiger partial charge in [0.1, 0.15) is 0 Å². The molecule has 0 heterocycles. The SMILES string of the molecule is CCN(C(=O)CN)c1cccc(C)c1. The number of aryl methyl sites for hydroxylation is 1. The fraction of sp³-hybridized carbons (Fsp3) is 0.364. The van der Waals surface area contributed by atoms with Gasteiger partial charge in [-0.05, 0) is 31.5 Å². The first-order chi connectivity index (χ1) is 6.69. The van der Waals surface area contributed by atoms with Crippen LogP contribution in [0.15, 0.2) is 24.3 Å². The van der Waals surface area contributed by atoms with Crippen molar-refractivity contribution in [2.45, 2.75) is 13.8 Å². The van der Waals surface area contributed by atoms with Crippen LogP contribution in [0.1, 0.15) is 12.5 Å². The number of hydrogen-bond acceptors (Lipinski definition) is 2. The predicted octanol–water partition coefficient (Wildman–Crippen LogP) is 1.31. The van der Waals surface area contributed by atoms with Gasteiger partial charge in [0, 0.05) is 12.2 Å². The molecule has 3 nitrogen and oxygen atoms in total. The average Bonchev–Trinajstić information content (AvgIpc) is 2.19. The van der Waals surface area contributed by atoms with Crippen molar-refractivity contribution < 1.29 is 4.79 Å². The van der Waals surface area contributed by atoms with Crippen LogP contribution in [0.5, 0.6) is 0 Å². The molecule has 14 heavy (non-hydrogen) atoms. The minimum Gasteiger partial charge on any atom is -0.322 e. The van der Waals surface area contributed by atoms with Crippen LogP contribution in [0.25, 0.3) is 0 Å². The second-order valence-electron chi connectivity index (χ2n) is 3.18. The first kappa shape index (κ1) is 10.7. The van der Waals surface area contributed by atoms with Crippen molar-refractivity contribution in [3.05, 3.63) is 29.8 Å². The number of anilines is 1. The van der Waals surface area contributed by atoms with E-state index in [1.165, 1.54) is 0 Å². The summed E-state index contributed by atoms with van der Waals surface area (Å²) in [6.45, 7) is 4.65. The molecule has 2 N–H and O–H groups in total. The smallest absolute Gasteiger partial charge is 0.240 e. The van der Waals surface area contributed by atoms with Gasteiger partial charge >= 0.3 is 0 Å². The summed E-state index contributed by atoms with van der Waals surface area (Å²) in [6, 6.07) is 7.85. The molecule has 0 bridgehead atoms. The summed E-state index contributed by atoms with van der Waals surface area (Å²) < 4.78 is 0. The van der Waals surface area contributed by atoms with Crippen LogP contribution >= 0.6 is 0 Å². The zero-order chi connectivity index (χ0) is 10.6. The number of rotatable bonds is 3. The summed E-state index contributed by atoms with van der Waals surface area (Å²) in [5.41, 5.74) is 7.40. The summed E-state index contributed by atoms with van der Waals surface area (Å²) in [4.78, 5) is 13.1. The van der Waals surface area contributed by atoms with Crippen molar-refractivity contribution in [2.24, 2.45) is 5.73 Å². The Morgan fingerprint density at radius 1 is 1.50 bits per heavy atom. The van der Waals surface area contributed by atoms with Gasteiger partial charge in [-0.15, -0.1) is 0 Å². The third-order valence-corrected chi connectivity index (χ3v) is 2.11. The lowest BCUT2D eigenvalue weighted by Gasteiger charge is -2.20. The van der Waals surface area contributed by atoms with E-state index >= 15 is 0 Å². The van der Waals surface area contributed by atoms with Gasteiger partial charge in [0.2, 0.25) is 5.91 Å². The molecule has 0 atom stereocenters. The first-order valence-electron chi connectivity index (χ1n) is 4.76. The maximum absolute atomic E-state index is 11.5. The molecule has 76 valence electrons. The van der Waals surface area contributed by atoms with Gasteiger partial charge in [-0.3, -0.25) is 4.79 Å². The molecule has 0 aromatic heterocycles. The summed E-state index contributed by atoms with van der Waals surface area (Å²) >= 11 is 0. The monoisotopic (exact) mass is 192 g/mol. The largest absolute Gasteiger partial charge is 0.322 e. The third-order valence-electron chi connectivity index (χ3n) is 2.11. The maximum atomic E-state index is 11.5. The number of likely N-dealkylation sites (N-methyl/N-ethyl adjacent to an activating group) is 1. The summed E-state index contributed by atoms with van der Waals surface area (Å²) in [5.74, 6) is -0.0434. The zero-order valence-corrected chi connectivity index (χ0v) is 8.66. The van der Waals surface area contributed by atoms with Crippen LogP contribution in [0.4, 0.5) is 5.69 Å². The molecule has 0 fully saturated rings. The van der Waals surface area contributed by atoms with Crippen molar-refractivity contribution in [1.82, 2.24) is 0 Å². The Kier molecular flexibility index (Phi) is 3.65. The van der Waals surface area contributed by atoms with E-state index in [2.05, 4.69) is 0 Å². The van der Waals surface area contributed by atoms with Gasteiger partial charge in [0.25, 0.3) is 0 Å². The highest BCUT2D eigenvalue weighted by Crippen LogP contribution is 2.15. The van der Waals surface area contributed by atoms with Gasteiger partial charge < -0.3 is 10.6 Å². The fourth-order valence-electron chi connectivity index (χ4n) is 1.41. The zero-order valence-electron chi connectivity index (χ0n) is 8.66. The van der Waals surface area contributed by atoms with E-state index in [-0.39, 0.29) is 12.5 Å². The molecule has 0 aliphatic rings. The highest BCUT2D eigenvalue weighted by molar-refractivity contribution is 5.94. The molecule has 0 radical (unpaired) electrons. The van der Waals surface area contributed by atoms with Gasteiger partial charge in [-0.2, -0.15) is 0 Å². The molecule has 0 unspecified atom stereocenters. The molecule has 0 saturated carbocycles. The minimum atomic E-state index is -0.0434. The van der Waals surface area contributed by atoms with Gasteiger partial charge in [0.05, 0.1) is 6.54 Å². The molecular weight excluding hydrogens is 176 g/mol. The molecule has 1 aromatic rings. The van der Waals surface area contributed by atoms with E-state index < -0.39 is 0 Å². The van der Waals surface area contributed by atoms with Crippen LogP contribution in [0.3, 0.4) is 0 Å². The van der Waals surface area contributed by atoms with Gasteiger partial charge in [0.15, 0.2) is 0 Å². The Bertz CT molecular complexity index is 323. The molecule has 0 saturated heterocycles. The van der Waals surface area contributed by atoms with E-state index in [1.807, 2.05) is 38.1 Å². The van der Waals surface area contributed by atoms with Crippen molar-refractivity contribution in [3.63, 3.8) is 0 Å². The third kappa shape index (κ3) is 2.33. The predicted molar refractivity (Wildman–Crippen MR) is 58.3 cm³/mol. The maximum Gasteiger partial charge on any atom is 0.240 e. The second-order valence-corrected chi connectivity index (χ2v) is 3.18. The van der Waals surface area contributed by atoms with Gasteiger partial charge in [-0.25, -0.2) is 0 Å². The lowest BCUT2D eigenvalue weighted by atomic mass is 10.2. The quantitative estimate of drug-likeness (QED) is 0.784. The molecule has 0 aliphatic heterocycles. The summed E-state index contributed by atoms with van der Waals surface area (Å²) in [7, 11) is 0. The van der Waals surface area contributed by atoms with Crippen LogP contribution in [0.2, 0.25) is 0 Å². The number of nitrogens with two attached hydrogens (primary N) is 1. The molecule has 0 spiro atoms. The molecule has 1 amide bonds. The summed E-state index contributed by atoms with van der Waals surface area (Å²) in [6.07, 6.45) is 0. The highest BCUT2D eigenvalue weighted by atomic mass is 16.2. The number of amides is 1. The van der Waals surface area contributed by atoms with Crippen molar-refractivity contribution in [1.29, 1.82) is 0 Å². The number of hydrogen-bond donors (Lipinski definition) is 1. The van der Waals surface area contributed by atoms with Crippen LogP contribution in [-0.4, -0.2) is 19.0 Å². The second kappa shape index (κ2) is 4.77. The van der Waals surface area contributed by atoms with E-state index in [9.17, 15) is 4.79 Å².